The Morgan fingerprint density at radius 1 is 1.32 bits per heavy atom. The summed E-state index contributed by atoms with van der Waals surface area (Å²) in [6.07, 6.45) is 1.81. The summed E-state index contributed by atoms with van der Waals surface area (Å²) in [5.41, 5.74) is 1.29. The molecule has 1 rings (SSSR count). The van der Waals surface area contributed by atoms with Crippen molar-refractivity contribution in [3.63, 3.8) is 0 Å². The van der Waals surface area contributed by atoms with Crippen molar-refractivity contribution in [2.24, 2.45) is 4.99 Å². The first-order chi connectivity index (χ1) is 9.19. The van der Waals surface area contributed by atoms with Crippen molar-refractivity contribution in [3.05, 3.63) is 48.6 Å². The Balaban J connectivity index is 2.62. The van der Waals surface area contributed by atoms with Crippen LogP contribution < -0.4 is 10.6 Å². The number of guanidine groups is 1. The van der Waals surface area contributed by atoms with Crippen molar-refractivity contribution >= 4 is 5.96 Å². The summed E-state index contributed by atoms with van der Waals surface area (Å²) >= 11 is 0. The maximum atomic E-state index is 4.18. The fourth-order valence-electron chi connectivity index (χ4n) is 1.86. The molecular formula is C15H24N4. The quantitative estimate of drug-likeness (QED) is 0.464. The SMILES string of the molecule is C=CCNC(=NC)NCC(c1ccccc1)N(C)C. The van der Waals surface area contributed by atoms with Gasteiger partial charge in [-0.25, -0.2) is 0 Å². The molecule has 0 heterocycles. The lowest BCUT2D eigenvalue weighted by Crippen LogP contribution is -2.41. The van der Waals surface area contributed by atoms with Crippen LogP contribution in [0.1, 0.15) is 11.6 Å². The monoisotopic (exact) mass is 260 g/mol. The second-order valence-electron chi connectivity index (χ2n) is 4.51. The molecule has 1 unspecified atom stereocenters. The van der Waals surface area contributed by atoms with Crippen molar-refractivity contribution in [2.75, 3.05) is 34.2 Å². The van der Waals surface area contributed by atoms with Crippen LogP contribution in [0.25, 0.3) is 0 Å². The predicted molar refractivity (Wildman–Crippen MR) is 82.4 cm³/mol. The van der Waals surface area contributed by atoms with E-state index in [0.717, 1.165) is 12.5 Å². The summed E-state index contributed by atoms with van der Waals surface area (Å²) in [7, 11) is 5.93. The van der Waals surface area contributed by atoms with Crippen LogP contribution in [0.2, 0.25) is 0 Å². The fraction of sp³-hybridized carbons (Fsp3) is 0.400. The molecule has 4 heteroatoms. The van der Waals surface area contributed by atoms with Crippen molar-refractivity contribution in [2.45, 2.75) is 6.04 Å². The maximum absolute atomic E-state index is 4.18. The Hall–Kier alpha value is -1.81. The van der Waals surface area contributed by atoms with Gasteiger partial charge in [0.1, 0.15) is 0 Å². The van der Waals surface area contributed by atoms with Gasteiger partial charge in [0.25, 0.3) is 0 Å². The van der Waals surface area contributed by atoms with Gasteiger partial charge < -0.3 is 15.5 Å². The van der Waals surface area contributed by atoms with E-state index in [9.17, 15) is 0 Å². The highest BCUT2D eigenvalue weighted by atomic mass is 15.2. The molecule has 4 nitrogen and oxygen atoms in total. The highest BCUT2D eigenvalue weighted by molar-refractivity contribution is 5.79. The normalized spacial score (nSPS) is 13.2. The largest absolute Gasteiger partial charge is 0.354 e. The molecular weight excluding hydrogens is 236 g/mol. The van der Waals surface area contributed by atoms with Crippen LogP contribution in [0.5, 0.6) is 0 Å². The average molecular weight is 260 g/mol. The molecule has 104 valence electrons. The van der Waals surface area contributed by atoms with Crippen LogP contribution in [-0.4, -0.2) is 45.1 Å². The zero-order valence-corrected chi connectivity index (χ0v) is 12.1. The molecule has 2 N–H and O–H groups in total. The topological polar surface area (TPSA) is 39.7 Å². The number of nitrogens with one attached hydrogen (secondary N) is 2. The zero-order valence-electron chi connectivity index (χ0n) is 12.1. The maximum Gasteiger partial charge on any atom is 0.191 e. The highest BCUT2D eigenvalue weighted by Gasteiger charge is 2.13. The Kier molecular flexibility index (Phi) is 6.68. The summed E-state index contributed by atoms with van der Waals surface area (Å²) in [6.45, 7) is 5.19. The van der Waals surface area contributed by atoms with E-state index in [0.29, 0.717) is 12.6 Å². The van der Waals surface area contributed by atoms with Crippen molar-refractivity contribution < 1.29 is 0 Å². The Morgan fingerprint density at radius 3 is 2.53 bits per heavy atom. The third kappa shape index (κ3) is 5.14. The van der Waals surface area contributed by atoms with Gasteiger partial charge in [0.05, 0.1) is 6.04 Å². The first-order valence-electron chi connectivity index (χ1n) is 6.45. The van der Waals surface area contributed by atoms with Gasteiger partial charge in [0.15, 0.2) is 5.96 Å². The smallest absolute Gasteiger partial charge is 0.191 e. The van der Waals surface area contributed by atoms with Gasteiger partial charge in [-0.05, 0) is 19.7 Å². The molecule has 0 fully saturated rings. The van der Waals surface area contributed by atoms with Crippen LogP contribution in [0, 0.1) is 0 Å². The predicted octanol–water partition coefficient (Wildman–Crippen LogP) is 1.64. The number of hydrogen-bond donors (Lipinski definition) is 2. The van der Waals surface area contributed by atoms with E-state index in [2.05, 4.69) is 65.5 Å². The van der Waals surface area contributed by atoms with Gasteiger partial charge in [-0.3, -0.25) is 4.99 Å². The third-order valence-corrected chi connectivity index (χ3v) is 2.91. The fourth-order valence-corrected chi connectivity index (χ4v) is 1.86. The third-order valence-electron chi connectivity index (χ3n) is 2.91. The summed E-state index contributed by atoms with van der Waals surface area (Å²) < 4.78 is 0. The van der Waals surface area contributed by atoms with E-state index in [4.69, 9.17) is 0 Å². The van der Waals surface area contributed by atoms with Gasteiger partial charge in [0.2, 0.25) is 0 Å². The van der Waals surface area contributed by atoms with Crippen LogP contribution in [0.3, 0.4) is 0 Å². The Labute approximate surface area is 116 Å². The molecule has 0 saturated carbocycles. The number of rotatable bonds is 6. The van der Waals surface area contributed by atoms with Crippen LogP contribution in [0.15, 0.2) is 48.0 Å². The van der Waals surface area contributed by atoms with Crippen LogP contribution in [0.4, 0.5) is 0 Å². The molecule has 0 aliphatic heterocycles. The number of nitrogens with zero attached hydrogens (tertiary/aromatic N) is 2. The molecule has 0 aliphatic carbocycles. The van der Waals surface area contributed by atoms with Gasteiger partial charge >= 0.3 is 0 Å². The number of benzene rings is 1. The lowest BCUT2D eigenvalue weighted by atomic mass is 10.1. The van der Waals surface area contributed by atoms with Crippen molar-refractivity contribution in [1.29, 1.82) is 0 Å². The number of hydrogen-bond acceptors (Lipinski definition) is 2. The molecule has 0 aliphatic rings. The average Bonchev–Trinajstić information content (AvgIpc) is 2.43. The van der Waals surface area contributed by atoms with Gasteiger partial charge in [-0.2, -0.15) is 0 Å². The molecule has 0 saturated heterocycles. The molecule has 1 atom stereocenters. The minimum absolute atomic E-state index is 0.309. The van der Waals surface area contributed by atoms with E-state index >= 15 is 0 Å². The van der Waals surface area contributed by atoms with E-state index in [1.54, 1.807) is 7.05 Å². The second-order valence-corrected chi connectivity index (χ2v) is 4.51. The first kappa shape index (κ1) is 15.2. The number of aliphatic imine (C=N–C) groups is 1. The van der Waals surface area contributed by atoms with E-state index < -0.39 is 0 Å². The van der Waals surface area contributed by atoms with Gasteiger partial charge in [0, 0.05) is 20.1 Å². The number of likely N-dealkylation sites (N-methyl/N-ethyl adjacent to an activating group) is 1. The Bertz CT molecular complexity index is 398. The minimum Gasteiger partial charge on any atom is -0.354 e. The lowest BCUT2D eigenvalue weighted by Gasteiger charge is -2.26. The molecule has 19 heavy (non-hydrogen) atoms. The summed E-state index contributed by atoms with van der Waals surface area (Å²) in [4.78, 5) is 6.38. The van der Waals surface area contributed by atoms with Crippen molar-refractivity contribution in [3.8, 4) is 0 Å². The molecule has 0 bridgehead atoms. The van der Waals surface area contributed by atoms with E-state index in [1.165, 1.54) is 5.56 Å². The van der Waals surface area contributed by atoms with Gasteiger partial charge in [-0.15, -0.1) is 6.58 Å². The molecule has 1 aromatic carbocycles. The summed E-state index contributed by atoms with van der Waals surface area (Å²) in [5, 5.41) is 6.50. The minimum atomic E-state index is 0.309. The molecule has 0 aromatic heterocycles. The summed E-state index contributed by atoms with van der Waals surface area (Å²) in [6, 6.07) is 10.8. The van der Waals surface area contributed by atoms with E-state index in [1.807, 2.05) is 12.1 Å². The molecule has 0 amide bonds. The summed E-state index contributed by atoms with van der Waals surface area (Å²) in [5.74, 6) is 0.794. The van der Waals surface area contributed by atoms with Crippen molar-refractivity contribution in [1.82, 2.24) is 15.5 Å². The highest BCUT2D eigenvalue weighted by Crippen LogP contribution is 2.16. The molecule has 0 spiro atoms. The first-order valence-corrected chi connectivity index (χ1v) is 6.45. The molecule has 0 radical (unpaired) electrons. The van der Waals surface area contributed by atoms with E-state index in [-0.39, 0.29) is 0 Å². The van der Waals surface area contributed by atoms with Gasteiger partial charge in [-0.1, -0.05) is 36.4 Å². The van der Waals surface area contributed by atoms with Crippen LogP contribution >= 0.6 is 0 Å². The molecule has 1 aromatic rings. The Morgan fingerprint density at radius 2 is 2.00 bits per heavy atom. The lowest BCUT2D eigenvalue weighted by molar-refractivity contribution is 0.298. The second kappa shape index (κ2) is 8.32. The standard InChI is InChI=1S/C15H24N4/c1-5-11-17-15(16-2)18-12-14(19(3)4)13-9-7-6-8-10-13/h5-10,14H,1,11-12H2,2-4H3,(H2,16,17,18). The van der Waals surface area contributed by atoms with Crippen LogP contribution in [-0.2, 0) is 0 Å². The zero-order chi connectivity index (χ0) is 14.1.